The molecule has 0 fully saturated rings. The van der Waals surface area contributed by atoms with Crippen molar-refractivity contribution in [2.24, 2.45) is 10.3 Å². The van der Waals surface area contributed by atoms with Gasteiger partial charge in [-0.25, -0.2) is 0 Å². The van der Waals surface area contributed by atoms with E-state index in [9.17, 15) is 0 Å². The van der Waals surface area contributed by atoms with Crippen molar-refractivity contribution in [3.8, 4) is 6.07 Å². The number of anilines is 1. The fourth-order valence-corrected chi connectivity index (χ4v) is 1.52. The highest BCUT2D eigenvalue weighted by Crippen LogP contribution is 2.24. The van der Waals surface area contributed by atoms with Crippen LogP contribution in [0.3, 0.4) is 0 Å². The zero-order valence-corrected chi connectivity index (χ0v) is 10.1. The minimum atomic E-state index is 0.510. The minimum absolute atomic E-state index is 0.510. The second kappa shape index (κ2) is 5.80. The second-order valence-electron chi connectivity index (χ2n) is 3.42. The van der Waals surface area contributed by atoms with E-state index in [0.717, 1.165) is 0 Å². The van der Waals surface area contributed by atoms with Gasteiger partial charge in [-0.1, -0.05) is 41.1 Å². The van der Waals surface area contributed by atoms with E-state index in [-0.39, 0.29) is 0 Å². The van der Waals surface area contributed by atoms with Gasteiger partial charge in [-0.2, -0.15) is 5.26 Å². The summed E-state index contributed by atoms with van der Waals surface area (Å²) in [5.41, 5.74) is 4.40. The van der Waals surface area contributed by atoms with Crippen LogP contribution >= 0.6 is 11.6 Å². The molecule has 5 heteroatoms. The van der Waals surface area contributed by atoms with Gasteiger partial charge in [0, 0.05) is 0 Å². The van der Waals surface area contributed by atoms with Crippen molar-refractivity contribution in [1.29, 1.82) is 5.26 Å². The van der Waals surface area contributed by atoms with Crippen molar-refractivity contribution < 1.29 is 0 Å². The lowest BCUT2D eigenvalue weighted by molar-refractivity contribution is 1.13. The number of halogens is 1. The first-order valence-corrected chi connectivity index (χ1v) is 5.59. The van der Waals surface area contributed by atoms with Gasteiger partial charge < -0.3 is 0 Å². The summed E-state index contributed by atoms with van der Waals surface area (Å²) in [5, 5.41) is 17.2. The van der Waals surface area contributed by atoms with Gasteiger partial charge in [0.05, 0.1) is 16.3 Å². The molecule has 0 atom stereocenters. The molecule has 1 N–H and O–H groups in total. The van der Waals surface area contributed by atoms with Crippen LogP contribution in [0.2, 0.25) is 5.02 Å². The molecule has 0 aliphatic rings. The highest BCUT2D eigenvalue weighted by Gasteiger charge is 1.99. The molecule has 18 heavy (non-hydrogen) atoms. The van der Waals surface area contributed by atoms with Gasteiger partial charge in [-0.15, -0.1) is 5.11 Å². The highest BCUT2D eigenvalue weighted by atomic mass is 35.5. The van der Waals surface area contributed by atoms with E-state index in [4.69, 9.17) is 16.9 Å². The first kappa shape index (κ1) is 12.1. The van der Waals surface area contributed by atoms with Crippen LogP contribution in [0, 0.1) is 11.3 Å². The number of nitrogens with zero attached hydrogens (tertiary/aromatic N) is 3. The van der Waals surface area contributed by atoms with Gasteiger partial charge >= 0.3 is 0 Å². The average molecular weight is 257 g/mol. The molecule has 2 aromatic rings. The molecule has 0 amide bonds. The van der Waals surface area contributed by atoms with Crippen molar-refractivity contribution in [2.75, 3.05) is 5.43 Å². The number of para-hydroxylation sites is 1. The Morgan fingerprint density at radius 2 is 1.78 bits per heavy atom. The summed E-state index contributed by atoms with van der Waals surface area (Å²) in [6.07, 6.45) is 0. The molecule has 0 heterocycles. The first-order valence-electron chi connectivity index (χ1n) is 5.21. The third-order valence-corrected chi connectivity index (χ3v) is 2.55. The maximum atomic E-state index is 8.90. The molecule has 0 saturated carbocycles. The molecule has 0 aliphatic carbocycles. The van der Waals surface area contributed by atoms with E-state index in [0.29, 0.717) is 22.0 Å². The first-order chi connectivity index (χ1) is 8.81. The molecule has 0 aromatic heterocycles. The van der Waals surface area contributed by atoms with Crippen LogP contribution in [0.25, 0.3) is 0 Å². The van der Waals surface area contributed by atoms with Crippen molar-refractivity contribution in [3.63, 3.8) is 0 Å². The van der Waals surface area contributed by atoms with Gasteiger partial charge in [0.25, 0.3) is 0 Å². The van der Waals surface area contributed by atoms with Crippen molar-refractivity contribution in [3.05, 3.63) is 59.1 Å². The number of hydrogen-bond donors (Lipinski definition) is 1. The maximum Gasteiger partial charge on any atom is 0.106 e. The Hall–Kier alpha value is -2.38. The molecule has 2 rings (SSSR count). The largest absolute Gasteiger partial charge is 0.258 e. The summed E-state index contributed by atoms with van der Waals surface area (Å²) in [7, 11) is 0. The molecule has 0 spiro atoms. The Bertz CT molecular complexity index is 616. The van der Waals surface area contributed by atoms with Crippen LogP contribution in [-0.4, -0.2) is 0 Å². The summed E-state index contributed by atoms with van der Waals surface area (Å²) >= 11 is 5.93. The molecular weight excluding hydrogens is 248 g/mol. The Kier molecular flexibility index (Phi) is 3.90. The van der Waals surface area contributed by atoms with Crippen LogP contribution in [0.15, 0.2) is 58.9 Å². The van der Waals surface area contributed by atoms with E-state index < -0.39 is 0 Å². The molecule has 0 saturated heterocycles. The zero-order valence-electron chi connectivity index (χ0n) is 9.34. The molecule has 88 valence electrons. The summed E-state index contributed by atoms with van der Waals surface area (Å²) in [5.74, 6) is 0. The van der Waals surface area contributed by atoms with Crippen LogP contribution in [0.1, 0.15) is 5.56 Å². The third kappa shape index (κ3) is 2.84. The maximum absolute atomic E-state index is 8.90. The van der Waals surface area contributed by atoms with Gasteiger partial charge in [0.1, 0.15) is 11.8 Å². The number of benzene rings is 2. The number of nitrogens with one attached hydrogen (secondary N) is 1. The topological polar surface area (TPSA) is 60.5 Å². The minimum Gasteiger partial charge on any atom is -0.258 e. The lowest BCUT2D eigenvalue weighted by Crippen LogP contribution is -1.89. The Morgan fingerprint density at radius 3 is 2.56 bits per heavy atom. The summed E-state index contributed by atoms with van der Waals surface area (Å²) in [4.78, 5) is 0. The van der Waals surface area contributed by atoms with Gasteiger partial charge in [-0.05, 0) is 24.3 Å². The fourth-order valence-electron chi connectivity index (χ4n) is 1.34. The third-order valence-electron chi connectivity index (χ3n) is 2.23. The van der Waals surface area contributed by atoms with E-state index >= 15 is 0 Å². The number of nitriles is 1. The normalized spacial score (nSPS) is 10.2. The summed E-state index contributed by atoms with van der Waals surface area (Å²) in [6.45, 7) is 0. The van der Waals surface area contributed by atoms with E-state index in [1.165, 1.54) is 0 Å². The van der Waals surface area contributed by atoms with Gasteiger partial charge in [0.2, 0.25) is 0 Å². The fraction of sp³-hybridized carbons (Fsp3) is 0. The molecule has 4 nitrogen and oxygen atoms in total. The Balaban J connectivity index is 2.13. The van der Waals surface area contributed by atoms with Crippen molar-refractivity contribution >= 4 is 23.0 Å². The molecule has 0 unspecified atom stereocenters. The average Bonchev–Trinajstić information content (AvgIpc) is 2.41. The predicted octanol–water partition coefficient (Wildman–Crippen LogP) is 4.32. The van der Waals surface area contributed by atoms with E-state index in [1.54, 1.807) is 30.3 Å². The molecule has 0 radical (unpaired) electrons. The van der Waals surface area contributed by atoms with Crippen LogP contribution in [0.4, 0.5) is 11.4 Å². The zero-order chi connectivity index (χ0) is 12.8. The number of hydrogen-bond acceptors (Lipinski definition) is 3. The predicted molar refractivity (Wildman–Crippen MR) is 70.7 cm³/mol. The second-order valence-corrected chi connectivity index (χ2v) is 3.83. The smallest absolute Gasteiger partial charge is 0.106 e. The quantitative estimate of drug-likeness (QED) is 0.657. The monoisotopic (exact) mass is 256 g/mol. The van der Waals surface area contributed by atoms with Gasteiger partial charge in [0.15, 0.2) is 0 Å². The van der Waals surface area contributed by atoms with Crippen molar-refractivity contribution in [1.82, 2.24) is 0 Å². The summed E-state index contributed by atoms with van der Waals surface area (Å²) in [6, 6.07) is 16.3. The lowest BCUT2D eigenvalue weighted by Gasteiger charge is -2.00. The van der Waals surface area contributed by atoms with Gasteiger partial charge in [-0.3, -0.25) is 5.43 Å². The molecular formula is C13H9ClN4. The molecule has 0 aliphatic heterocycles. The summed E-state index contributed by atoms with van der Waals surface area (Å²) < 4.78 is 0. The van der Waals surface area contributed by atoms with E-state index in [2.05, 4.69) is 21.8 Å². The molecule has 2 aromatic carbocycles. The lowest BCUT2D eigenvalue weighted by atomic mass is 10.2. The highest BCUT2D eigenvalue weighted by molar-refractivity contribution is 6.32. The van der Waals surface area contributed by atoms with Crippen LogP contribution in [0.5, 0.6) is 0 Å². The SMILES string of the molecule is N#Cc1ccccc1NN=Nc1ccccc1Cl. The number of rotatable bonds is 3. The standard InChI is InChI=1S/C13H9ClN4/c14-11-6-2-4-8-13(11)17-18-16-12-7-3-1-5-10(12)9-15/h1-8H,(H,16,17). The van der Waals surface area contributed by atoms with Crippen LogP contribution < -0.4 is 5.43 Å². The molecule has 0 bridgehead atoms. The Labute approximate surface area is 110 Å². The van der Waals surface area contributed by atoms with E-state index in [1.807, 2.05) is 18.2 Å². The Morgan fingerprint density at radius 1 is 1.06 bits per heavy atom. The van der Waals surface area contributed by atoms with Crippen LogP contribution in [-0.2, 0) is 0 Å². The van der Waals surface area contributed by atoms with Crippen molar-refractivity contribution in [2.45, 2.75) is 0 Å².